The standard InChI is InChI=1S/C21H27BrO/c1-20(2,3)17-9-11-18(12-10-17)21(4,5)15-23-14-16-7-6-8-19(22)13-16/h6-13H,14-15H2,1-5H3. The number of hydrogen-bond acceptors (Lipinski definition) is 1. The molecule has 0 bridgehead atoms. The lowest BCUT2D eigenvalue weighted by molar-refractivity contribution is 0.0824. The van der Waals surface area contributed by atoms with Crippen LogP contribution in [0.5, 0.6) is 0 Å². The van der Waals surface area contributed by atoms with E-state index in [9.17, 15) is 0 Å². The molecule has 0 unspecified atom stereocenters. The Bertz CT molecular complexity index is 636. The van der Waals surface area contributed by atoms with E-state index in [1.54, 1.807) is 0 Å². The highest BCUT2D eigenvalue weighted by Crippen LogP contribution is 2.28. The van der Waals surface area contributed by atoms with Gasteiger partial charge in [0.2, 0.25) is 0 Å². The molecule has 0 aliphatic carbocycles. The van der Waals surface area contributed by atoms with Crippen LogP contribution in [0.4, 0.5) is 0 Å². The molecule has 2 rings (SSSR count). The zero-order valence-corrected chi connectivity index (χ0v) is 16.4. The van der Waals surface area contributed by atoms with E-state index in [2.05, 4.69) is 86.9 Å². The number of benzene rings is 2. The minimum absolute atomic E-state index is 0.00241. The molecule has 0 aliphatic rings. The van der Waals surface area contributed by atoms with E-state index in [1.807, 2.05) is 12.1 Å². The second-order valence-electron chi connectivity index (χ2n) is 7.83. The molecule has 0 saturated heterocycles. The molecule has 0 spiro atoms. The lowest BCUT2D eigenvalue weighted by atomic mass is 9.81. The summed E-state index contributed by atoms with van der Waals surface area (Å²) in [4.78, 5) is 0. The van der Waals surface area contributed by atoms with Gasteiger partial charge in [-0.1, -0.05) is 86.9 Å². The van der Waals surface area contributed by atoms with Crippen LogP contribution in [0, 0.1) is 0 Å². The first-order chi connectivity index (χ1) is 10.7. The maximum atomic E-state index is 5.97. The smallest absolute Gasteiger partial charge is 0.0717 e. The lowest BCUT2D eigenvalue weighted by Crippen LogP contribution is -2.24. The largest absolute Gasteiger partial charge is 0.376 e. The van der Waals surface area contributed by atoms with Crippen LogP contribution in [0.2, 0.25) is 0 Å². The van der Waals surface area contributed by atoms with Crippen molar-refractivity contribution in [3.05, 3.63) is 69.7 Å². The van der Waals surface area contributed by atoms with E-state index >= 15 is 0 Å². The third kappa shape index (κ3) is 5.19. The predicted molar refractivity (Wildman–Crippen MR) is 102 cm³/mol. The summed E-state index contributed by atoms with van der Waals surface area (Å²) in [7, 11) is 0. The van der Waals surface area contributed by atoms with Gasteiger partial charge in [0.15, 0.2) is 0 Å². The van der Waals surface area contributed by atoms with Gasteiger partial charge in [0.1, 0.15) is 0 Å². The van der Waals surface area contributed by atoms with Crippen molar-refractivity contribution in [1.82, 2.24) is 0 Å². The highest BCUT2D eigenvalue weighted by molar-refractivity contribution is 9.10. The fourth-order valence-corrected chi connectivity index (χ4v) is 3.00. The zero-order chi connectivity index (χ0) is 17.1. The molecule has 0 aliphatic heterocycles. The Morgan fingerprint density at radius 1 is 0.870 bits per heavy atom. The summed E-state index contributed by atoms with van der Waals surface area (Å²) in [5.74, 6) is 0. The van der Waals surface area contributed by atoms with E-state index in [1.165, 1.54) is 16.7 Å². The summed E-state index contributed by atoms with van der Waals surface area (Å²) in [6.07, 6.45) is 0. The van der Waals surface area contributed by atoms with Crippen molar-refractivity contribution in [1.29, 1.82) is 0 Å². The molecule has 2 heteroatoms. The molecule has 1 nitrogen and oxygen atoms in total. The maximum absolute atomic E-state index is 5.97. The third-order valence-corrected chi connectivity index (χ3v) is 4.65. The minimum Gasteiger partial charge on any atom is -0.376 e. The molecule has 124 valence electrons. The van der Waals surface area contributed by atoms with Gasteiger partial charge in [-0.2, -0.15) is 0 Å². The SMILES string of the molecule is CC(C)(C)c1ccc(C(C)(C)COCc2cccc(Br)c2)cc1. The summed E-state index contributed by atoms with van der Waals surface area (Å²) in [5.41, 5.74) is 4.08. The van der Waals surface area contributed by atoms with Crippen molar-refractivity contribution in [2.75, 3.05) is 6.61 Å². The molecule has 0 aromatic heterocycles. The molecule has 23 heavy (non-hydrogen) atoms. The molecule has 0 N–H and O–H groups in total. The first-order valence-corrected chi connectivity index (χ1v) is 8.91. The molecule has 0 heterocycles. The van der Waals surface area contributed by atoms with E-state index in [-0.39, 0.29) is 10.8 Å². The quantitative estimate of drug-likeness (QED) is 0.601. The van der Waals surface area contributed by atoms with Crippen LogP contribution in [0.1, 0.15) is 51.3 Å². The fourth-order valence-electron chi connectivity index (χ4n) is 2.56. The van der Waals surface area contributed by atoms with Crippen molar-refractivity contribution >= 4 is 15.9 Å². The molecule has 0 saturated carbocycles. The molecule has 0 amide bonds. The highest BCUT2D eigenvalue weighted by Gasteiger charge is 2.22. The molecule has 2 aromatic carbocycles. The van der Waals surface area contributed by atoms with Crippen LogP contribution in [-0.2, 0) is 22.2 Å². The van der Waals surface area contributed by atoms with Gasteiger partial charge in [0, 0.05) is 9.89 Å². The summed E-state index contributed by atoms with van der Waals surface area (Å²) < 4.78 is 7.06. The van der Waals surface area contributed by atoms with Crippen molar-refractivity contribution in [3.63, 3.8) is 0 Å². The van der Waals surface area contributed by atoms with Crippen LogP contribution in [0.15, 0.2) is 53.0 Å². The van der Waals surface area contributed by atoms with Crippen molar-refractivity contribution < 1.29 is 4.74 Å². The molecule has 2 aromatic rings. The second kappa shape index (κ2) is 7.19. The maximum Gasteiger partial charge on any atom is 0.0717 e. The summed E-state index contributed by atoms with van der Waals surface area (Å²) in [6.45, 7) is 12.5. The van der Waals surface area contributed by atoms with Gasteiger partial charge < -0.3 is 4.74 Å². The minimum atomic E-state index is 0.00241. The summed E-state index contributed by atoms with van der Waals surface area (Å²) in [5, 5.41) is 0. The molecular formula is C21H27BrO. The first-order valence-electron chi connectivity index (χ1n) is 8.12. The average Bonchev–Trinajstić information content (AvgIpc) is 2.46. The van der Waals surface area contributed by atoms with Gasteiger partial charge in [0.05, 0.1) is 13.2 Å². The van der Waals surface area contributed by atoms with E-state index in [0.29, 0.717) is 13.2 Å². The number of ether oxygens (including phenoxy) is 1. The first kappa shape index (κ1) is 18.2. The van der Waals surface area contributed by atoms with Crippen LogP contribution < -0.4 is 0 Å². The van der Waals surface area contributed by atoms with Crippen LogP contribution >= 0.6 is 15.9 Å². The Morgan fingerprint density at radius 3 is 2.04 bits per heavy atom. The van der Waals surface area contributed by atoms with E-state index in [0.717, 1.165) is 4.47 Å². The molecule has 0 atom stereocenters. The van der Waals surface area contributed by atoms with Gasteiger partial charge in [-0.15, -0.1) is 0 Å². The van der Waals surface area contributed by atoms with Crippen molar-refractivity contribution in [2.45, 2.75) is 52.1 Å². The normalized spacial score (nSPS) is 12.4. The lowest BCUT2D eigenvalue weighted by Gasteiger charge is -2.27. The third-order valence-electron chi connectivity index (χ3n) is 4.15. The number of hydrogen-bond donors (Lipinski definition) is 0. The van der Waals surface area contributed by atoms with E-state index in [4.69, 9.17) is 4.74 Å². The van der Waals surface area contributed by atoms with Crippen LogP contribution in [0.25, 0.3) is 0 Å². The fraction of sp³-hybridized carbons (Fsp3) is 0.429. The van der Waals surface area contributed by atoms with Crippen LogP contribution in [-0.4, -0.2) is 6.61 Å². The van der Waals surface area contributed by atoms with Gasteiger partial charge in [-0.3, -0.25) is 0 Å². The monoisotopic (exact) mass is 374 g/mol. The Labute approximate surface area is 149 Å². The zero-order valence-electron chi connectivity index (χ0n) is 14.8. The number of halogens is 1. The highest BCUT2D eigenvalue weighted by atomic mass is 79.9. The van der Waals surface area contributed by atoms with Crippen molar-refractivity contribution in [3.8, 4) is 0 Å². The summed E-state index contributed by atoms with van der Waals surface area (Å²) in [6, 6.07) is 17.2. The molecular weight excluding hydrogens is 348 g/mol. The topological polar surface area (TPSA) is 9.23 Å². The Kier molecular flexibility index (Phi) is 5.70. The number of rotatable bonds is 5. The van der Waals surface area contributed by atoms with Gasteiger partial charge >= 0.3 is 0 Å². The van der Waals surface area contributed by atoms with Gasteiger partial charge in [-0.05, 0) is 34.2 Å². The average molecular weight is 375 g/mol. The second-order valence-corrected chi connectivity index (χ2v) is 8.75. The van der Waals surface area contributed by atoms with Crippen LogP contribution in [0.3, 0.4) is 0 Å². The predicted octanol–water partition coefficient (Wildman–Crippen LogP) is 6.24. The van der Waals surface area contributed by atoms with Gasteiger partial charge in [0.25, 0.3) is 0 Å². The van der Waals surface area contributed by atoms with Gasteiger partial charge in [-0.25, -0.2) is 0 Å². The summed E-state index contributed by atoms with van der Waals surface area (Å²) >= 11 is 3.50. The Morgan fingerprint density at radius 2 is 1.48 bits per heavy atom. The molecule has 0 fully saturated rings. The Balaban J connectivity index is 1.98. The van der Waals surface area contributed by atoms with Crippen molar-refractivity contribution in [2.24, 2.45) is 0 Å². The molecule has 0 radical (unpaired) electrons. The Hall–Kier alpha value is -1.12. The van der Waals surface area contributed by atoms with E-state index < -0.39 is 0 Å².